The lowest BCUT2D eigenvalue weighted by Gasteiger charge is -2.27. The zero-order chi connectivity index (χ0) is 14.4. The van der Waals surface area contributed by atoms with E-state index in [4.69, 9.17) is 9.47 Å². The molecule has 0 saturated carbocycles. The normalized spacial score (nSPS) is 18.6. The van der Waals surface area contributed by atoms with Crippen molar-refractivity contribution < 1.29 is 14.3 Å². The minimum Gasteiger partial charge on any atom is -0.492 e. The summed E-state index contributed by atoms with van der Waals surface area (Å²) < 4.78 is 10.9. The van der Waals surface area contributed by atoms with E-state index < -0.39 is 0 Å². The van der Waals surface area contributed by atoms with Crippen molar-refractivity contribution in [3.63, 3.8) is 0 Å². The van der Waals surface area contributed by atoms with Crippen molar-refractivity contribution in [3.8, 4) is 5.75 Å². The molecule has 1 amide bonds. The van der Waals surface area contributed by atoms with Crippen LogP contribution in [0.5, 0.6) is 5.75 Å². The Morgan fingerprint density at radius 3 is 2.85 bits per heavy atom. The highest BCUT2D eigenvalue weighted by Gasteiger charge is 2.23. The van der Waals surface area contributed by atoms with Gasteiger partial charge in [-0.05, 0) is 19.1 Å². The predicted octanol–water partition coefficient (Wildman–Crippen LogP) is 0.821. The molecule has 1 aromatic rings. The van der Waals surface area contributed by atoms with E-state index in [2.05, 4.69) is 5.32 Å². The molecule has 0 spiro atoms. The maximum Gasteiger partial charge on any atom is 0.241 e. The van der Waals surface area contributed by atoms with Crippen molar-refractivity contribution in [1.29, 1.82) is 0 Å². The Morgan fingerprint density at radius 2 is 2.20 bits per heavy atom. The summed E-state index contributed by atoms with van der Waals surface area (Å²) in [5, 5.41) is 3.16. The molecular formula is C15H22N2O3. The molecule has 0 aromatic heterocycles. The summed E-state index contributed by atoms with van der Waals surface area (Å²) in [6.45, 7) is 4.93. The number of likely N-dealkylation sites (N-methyl/N-ethyl adjacent to an activating group) is 1. The molecule has 0 aliphatic carbocycles. The highest BCUT2D eigenvalue weighted by atomic mass is 16.5. The van der Waals surface area contributed by atoms with Gasteiger partial charge in [-0.2, -0.15) is 0 Å². The molecule has 0 bridgehead atoms. The SMILES string of the molecule is Cc1ccc(OCCN(C)C(=O)C2COCCN2)cc1. The molecule has 1 aromatic carbocycles. The number of rotatable bonds is 5. The Morgan fingerprint density at radius 1 is 1.45 bits per heavy atom. The van der Waals surface area contributed by atoms with Gasteiger partial charge < -0.3 is 19.7 Å². The summed E-state index contributed by atoms with van der Waals surface area (Å²) in [7, 11) is 1.79. The molecular weight excluding hydrogens is 256 g/mol. The molecule has 110 valence electrons. The van der Waals surface area contributed by atoms with Crippen LogP contribution in [0.4, 0.5) is 0 Å². The van der Waals surface area contributed by atoms with Gasteiger partial charge in [0.15, 0.2) is 0 Å². The summed E-state index contributed by atoms with van der Waals surface area (Å²) in [5.41, 5.74) is 1.20. The predicted molar refractivity (Wildman–Crippen MR) is 76.9 cm³/mol. The van der Waals surface area contributed by atoms with E-state index in [0.717, 1.165) is 12.3 Å². The average Bonchev–Trinajstić information content (AvgIpc) is 2.49. The van der Waals surface area contributed by atoms with E-state index in [1.807, 2.05) is 31.2 Å². The Bertz CT molecular complexity index is 427. The number of morpholine rings is 1. The number of carbonyl (C=O) groups excluding carboxylic acids is 1. The number of ether oxygens (including phenoxy) is 2. The molecule has 1 aliphatic heterocycles. The van der Waals surface area contributed by atoms with Crippen LogP contribution >= 0.6 is 0 Å². The van der Waals surface area contributed by atoms with Crippen molar-refractivity contribution in [3.05, 3.63) is 29.8 Å². The summed E-state index contributed by atoms with van der Waals surface area (Å²) in [4.78, 5) is 13.8. The molecule has 1 saturated heterocycles. The Labute approximate surface area is 119 Å². The monoisotopic (exact) mass is 278 g/mol. The van der Waals surface area contributed by atoms with E-state index in [9.17, 15) is 4.79 Å². The van der Waals surface area contributed by atoms with Crippen molar-refractivity contribution >= 4 is 5.91 Å². The van der Waals surface area contributed by atoms with Gasteiger partial charge in [0.2, 0.25) is 5.91 Å². The molecule has 5 nitrogen and oxygen atoms in total. The van der Waals surface area contributed by atoms with Crippen LogP contribution in [0.2, 0.25) is 0 Å². The fourth-order valence-electron chi connectivity index (χ4n) is 2.04. The summed E-state index contributed by atoms with van der Waals surface area (Å²) in [6, 6.07) is 7.66. The van der Waals surface area contributed by atoms with Crippen molar-refractivity contribution in [2.75, 3.05) is 40.0 Å². The lowest BCUT2D eigenvalue weighted by atomic mass is 10.2. The smallest absolute Gasteiger partial charge is 0.241 e. The molecule has 2 rings (SSSR count). The third-order valence-electron chi connectivity index (χ3n) is 3.31. The Hall–Kier alpha value is -1.59. The molecule has 1 unspecified atom stereocenters. The first-order valence-electron chi connectivity index (χ1n) is 6.92. The van der Waals surface area contributed by atoms with Gasteiger partial charge in [0.05, 0.1) is 19.8 Å². The van der Waals surface area contributed by atoms with E-state index in [0.29, 0.717) is 26.4 Å². The first-order valence-corrected chi connectivity index (χ1v) is 6.92. The van der Waals surface area contributed by atoms with Crippen LogP contribution < -0.4 is 10.1 Å². The largest absolute Gasteiger partial charge is 0.492 e. The second kappa shape index (κ2) is 7.26. The highest BCUT2D eigenvalue weighted by molar-refractivity contribution is 5.81. The molecule has 20 heavy (non-hydrogen) atoms. The summed E-state index contributed by atoms with van der Waals surface area (Å²) >= 11 is 0. The van der Waals surface area contributed by atoms with Crippen LogP contribution in [-0.2, 0) is 9.53 Å². The summed E-state index contributed by atoms with van der Waals surface area (Å²) in [6.07, 6.45) is 0. The van der Waals surface area contributed by atoms with Crippen molar-refractivity contribution in [2.24, 2.45) is 0 Å². The lowest BCUT2D eigenvalue weighted by molar-refractivity contribution is -0.135. The number of aryl methyl sites for hydroxylation is 1. The number of amides is 1. The van der Waals surface area contributed by atoms with Gasteiger partial charge in [0.1, 0.15) is 18.4 Å². The number of nitrogens with zero attached hydrogens (tertiary/aromatic N) is 1. The third-order valence-corrected chi connectivity index (χ3v) is 3.31. The molecule has 1 aliphatic rings. The second-order valence-electron chi connectivity index (χ2n) is 5.00. The number of hydrogen-bond acceptors (Lipinski definition) is 4. The molecule has 1 fully saturated rings. The van der Waals surface area contributed by atoms with Crippen molar-refractivity contribution in [1.82, 2.24) is 10.2 Å². The van der Waals surface area contributed by atoms with Crippen LogP contribution in [0, 0.1) is 6.92 Å². The van der Waals surface area contributed by atoms with Gasteiger partial charge in [0.25, 0.3) is 0 Å². The number of nitrogens with one attached hydrogen (secondary N) is 1. The molecule has 1 heterocycles. The van der Waals surface area contributed by atoms with Crippen LogP contribution in [0.3, 0.4) is 0 Å². The van der Waals surface area contributed by atoms with E-state index in [1.54, 1.807) is 11.9 Å². The lowest BCUT2D eigenvalue weighted by Crippen LogP contribution is -2.52. The topological polar surface area (TPSA) is 50.8 Å². The van der Waals surface area contributed by atoms with Gasteiger partial charge in [0, 0.05) is 13.6 Å². The van der Waals surface area contributed by atoms with Crippen LogP contribution in [-0.4, -0.2) is 56.8 Å². The van der Waals surface area contributed by atoms with Gasteiger partial charge in [-0.15, -0.1) is 0 Å². The quantitative estimate of drug-likeness (QED) is 0.866. The zero-order valence-corrected chi connectivity index (χ0v) is 12.1. The van der Waals surface area contributed by atoms with Gasteiger partial charge >= 0.3 is 0 Å². The molecule has 5 heteroatoms. The number of benzene rings is 1. The van der Waals surface area contributed by atoms with Gasteiger partial charge in [-0.1, -0.05) is 17.7 Å². The third kappa shape index (κ3) is 4.21. The maximum atomic E-state index is 12.1. The zero-order valence-electron chi connectivity index (χ0n) is 12.1. The van der Waals surface area contributed by atoms with E-state index >= 15 is 0 Å². The number of hydrogen-bond donors (Lipinski definition) is 1. The van der Waals surface area contributed by atoms with Crippen molar-refractivity contribution in [2.45, 2.75) is 13.0 Å². The molecule has 1 atom stereocenters. The molecule has 0 radical (unpaired) electrons. The maximum absolute atomic E-state index is 12.1. The fourth-order valence-corrected chi connectivity index (χ4v) is 2.04. The average molecular weight is 278 g/mol. The second-order valence-corrected chi connectivity index (χ2v) is 5.00. The van der Waals surface area contributed by atoms with Crippen LogP contribution in [0.1, 0.15) is 5.56 Å². The molecule has 1 N–H and O–H groups in total. The standard InChI is InChI=1S/C15H22N2O3/c1-12-3-5-13(6-4-12)20-10-8-17(2)15(18)14-11-19-9-7-16-14/h3-6,14,16H,7-11H2,1-2H3. The van der Waals surface area contributed by atoms with Crippen LogP contribution in [0.15, 0.2) is 24.3 Å². The minimum absolute atomic E-state index is 0.0530. The van der Waals surface area contributed by atoms with E-state index in [1.165, 1.54) is 5.56 Å². The number of carbonyl (C=O) groups is 1. The highest BCUT2D eigenvalue weighted by Crippen LogP contribution is 2.11. The van der Waals surface area contributed by atoms with Gasteiger partial charge in [-0.25, -0.2) is 0 Å². The Balaban J connectivity index is 1.72. The fraction of sp³-hybridized carbons (Fsp3) is 0.533. The van der Waals surface area contributed by atoms with E-state index in [-0.39, 0.29) is 11.9 Å². The van der Waals surface area contributed by atoms with Crippen LogP contribution in [0.25, 0.3) is 0 Å². The minimum atomic E-state index is -0.229. The first-order chi connectivity index (χ1) is 9.66. The van der Waals surface area contributed by atoms with Gasteiger partial charge in [-0.3, -0.25) is 4.79 Å². The summed E-state index contributed by atoms with van der Waals surface area (Å²) in [5.74, 6) is 0.882. The first kappa shape index (κ1) is 14.8. The Kier molecular flexibility index (Phi) is 5.38.